The van der Waals surface area contributed by atoms with Crippen molar-refractivity contribution >= 4 is 17.4 Å². The van der Waals surface area contributed by atoms with Crippen LogP contribution in [-0.2, 0) is 6.42 Å². The summed E-state index contributed by atoms with van der Waals surface area (Å²) in [6.45, 7) is 3.91. The molecule has 2 aromatic rings. The molecule has 0 spiro atoms. The van der Waals surface area contributed by atoms with E-state index in [1.807, 2.05) is 19.9 Å². The molecule has 0 saturated carbocycles. The molecule has 6 heteroatoms. The zero-order chi connectivity index (χ0) is 13.8. The lowest BCUT2D eigenvalue weighted by Crippen LogP contribution is -2.12. The molecule has 100 valence electrons. The number of anilines is 1. The first kappa shape index (κ1) is 13.6. The first-order valence-electron chi connectivity index (χ1n) is 5.90. The molecule has 0 unspecified atom stereocenters. The van der Waals surface area contributed by atoms with E-state index in [-0.39, 0.29) is 0 Å². The topological polar surface area (TPSA) is 73.1 Å². The second kappa shape index (κ2) is 5.86. The van der Waals surface area contributed by atoms with Gasteiger partial charge in [-0.15, -0.1) is 0 Å². The highest BCUT2D eigenvalue weighted by Crippen LogP contribution is 2.29. The number of aryl methyl sites for hydroxylation is 1. The summed E-state index contributed by atoms with van der Waals surface area (Å²) in [5.41, 5.74) is 4.32. The molecular weight excluding hydrogens is 264 g/mol. The minimum absolute atomic E-state index is 0.493. The van der Waals surface area contributed by atoms with Crippen molar-refractivity contribution in [3.05, 3.63) is 40.7 Å². The number of nitrogens with zero attached hydrogens (tertiary/aromatic N) is 2. The van der Waals surface area contributed by atoms with E-state index < -0.39 is 0 Å². The van der Waals surface area contributed by atoms with E-state index >= 15 is 0 Å². The number of aromatic nitrogens is 2. The summed E-state index contributed by atoms with van der Waals surface area (Å²) in [7, 11) is 0. The lowest BCUT2D eigenvalue weighted by atomic mass is 10.2. The molecule has 0 bridgehead atoms. The molecule has 0 aliphatic rings. The summed E-state index contributed by atoms with van der Waals surface area (Å²) in [4.78, 5) is 8.20. The molecule has 1 heterocycles. The van der Waals surface area contributed by atoms with Gasteiger partial charge in [0.2, 0.25) is 5.88 Å². The van der Waals surface area contributed by atoms with Gasteiger partial charge in [-0.05, 0) is 37.1 Å². The van der Waals surface area contributed by atoms with Crippen LogP contribution < -0.4 is 16.0 Å². The number of nitrogens with two attached hydrogens (primary N) is 1. The molecule has 1 aromatic carbocycles. The molecule has 0 aliphatic carbocycles. The fraction of sp³-hybridized carbons (Fsp3) is 0.231. The monoisotopic (exact) mass is 278 g/mol. The van der Waals surface area contributed by atoms with Crippen molar-refractivity contribution in [3.8, 4) is 11.6 Å². The number of hydrogen-bond donors (Lipinski definition) is 2. The molecule has 0 fully saturated rings. The van der Waals surface area contributed by atoms with Crippen molar-refractivity contribution < 1.29 is 4.74 Å². The van der Waals surface area contributed by atoms with Crippen molar-refractivity contribution in [2.24, 2.45) is 5.84 Å². The number of hydrogen-bond acceptors (Lipinski definition) is 5. The zero-order valence-corrected chi connectivity index (χ0v) is 11.5. The first-order valence-corrected chi connectivity index (χ1v) is 6.28. The Kier molecular flexibility index (Phi) is 4.19. The van der Waals surface area contributed by atoms with Crippen molar-refractivity contribution in [1.29, 1.82) is 0 Å². The van der Waals surface area contributed by atoms with Crippen molar-refractivity contribution in [2.75, 3.05) is 5.43 Å². The lowest BCUT2D eigenvalue weighted by molar-refractivity contribution is 0.455. The van der Waals surface area contributed by atoms with Gasteiger partial charge in [-0.2, -0.15) is 0 Å². The van der Waals surface area contributed by atoms with E-state index in [4.69, 9.17) is 22.2 Å². The van der Waals surface area contributed by atoms with E-state index in [2.05, 4.69) is 15.4 Å². The van der Waals surface area contributed by atoms with Crippen LogP contribution in [0.15, 0.2) is 24.5 Å². The predicted octanol–water partition coefficient (Wildman–Crippen LogP) is 3.08. The van der Waals surface area contributed by atoms with Gasteiger partial charge in [-0.25, -0.2) is 15.8 Å². The lowest BCUT2D eigenvalue weighted by Gasteiger charge is -2.12. The van der Waals surface area contributed by atoms with Gasteiger partial charge < -0.3 is 10.2 Å². The van der Waals surface area contributed by atoms with Crippen LogP contribution in [0.25, 0.3) is 0 Å². The Hall–Kier alpha value is -1.85. The number of hydrazine groups is 1. The predicted molar refractivity (Wildman–Crippen MR) is 75.5 cm³/mol. The molecule has 19 heavy (non-hydrogen) atoms. The number of benzene rings is 1. The van der Waals surface area contributed by atoms with E-state index in [0.29, 0.717) is 28.9 Å². The molecule has 0 saturated heterocycles. The summed E-state index contributed by atoms with van der Waals surface area (Å²) in [5, 5.41) is 0.704. The first-order chi connectivity index (χ1) is 9.15. The highest BCUT2D eigenvalue weighted by Gasteiger charge is 2.11. The average molecular weight is 279 g/mol. The molecular formula is C13H15ClN4O. The molecule has 5 nitrogen and oxygen atoms in total. The quantitative estimate of drug-likeness (QED) is 0.664. The van der Waals surface area contributed by atoms with Crippen molar-refractivity contribution in [2.45, 2.75) is 20.3 Å². The Balaban J connectivity index is 2.35. The largest absolute Gasteiger partial charge is 0.439 e. The molecule has 2 rings (SSSR count). The van der Waals surface area contributed by atoms with Crippen LogP contribution in [0.3, 0.4) is 0 Å². The van der Waals surface area contributed by atoms with Gasteiger partial charge in [0.1, 0.15) is 17.9 Å². The van der Waals surface area contributed by atoms with E-state index in [1.54, 1.807) is 12.1 Å². The zero-order valence-electron chi connectivity index (χ0n) is 10.8. The molecule has 1 aromatic heterocycles. The van der Waals surface area contributed by atoms with Gasteiger partial charge in [0.05, 0.1) is 5.56 Å². The standard InChI is InChI=1S/C13H15ClN4O/c1-3-10-12(18-15)16-7-17-13(10)19-9-4-5-11(14)8(2)6-9/h4-7H,3,15H2,1-2H3,(H,16,17,18). The van der Waals surface area contributed by atoms with Crippen LogP contribution in [0, 0.1) is 6.92 Å². The Morgan fingerprint density at radius 3 is 2.79 bits per heavy atom. The van der Waals surface area contributed by atoms with Crippen LogP contribution in [0.2, 0.25) is 5.02 Å². The highest BCUT2D eigenvalue weighted by atomic mass is 35.5. The Morgan fingerprint density at radius 1 is 1.37 bits per heavy atom. The van der Waals surface area contributed by atoms with Gasteiger partial charge in [0.15, 0.2) is 0 Å². The normalized spacial score (nSPS) is 10.3. The van der Waals surface area contributed by atoms with Crippen LogP contribution in [0.1, 0.15) is 18.1 Å². The van der Waals surface area contributed by atoms with Crippen LogP contribution in [0.5, 0.6) is 11.6 Å². The summed E-state index contributed by atoms with van der Waals surface area (Å²) in [5.74, 6) is 7.16. The third kappa shape index (κ3) is 2.94. The number of ether oxygens (including phenoxy) is 1. The molecule has 0 atom stereocenters. The van der Waals surface area contributed by atoms with E-state index in [0.717, 1.165) is 11.1 Å². The Labute approximate surface area is 116 Å². The molecule has 0 amide bonds. The second-order valence-electron chi connectivity index (χ2n) is 4.02. The van der Waals surface area contributed by atoms with Gasteiger partial charge >= 0.3 is 0 Å². The Bertz CT molecular complexity index is 589. The van der Waals surface area contributed by atoms with Gasteiger partial charge in [-0.3, -0.25) is 0 Å². The number of halogens is 1. The maximum atomic E-state index is 5.98. The maximum absolute atomic E-state index is 5.98. The number of nitrogen functional groups attached to an aromatic ring is 1. The Morgan fingerprint density at radius 2 is 2.16 bits per heavy atom. The fourth-order valence-electron chi connectivity index (χ4n) is 1.72. The van der Waals surface area contributed by atoms with Crippen molar-refractivity contribution in [1.82, 2.24) is 9.97 Å². The number of rotatable bonds is 4. The van der Waals surface area contributed by atoms with Crippen LogP contribution in [0.4, 0.5) is 5.82 Å². The summed E-state index contributed by atoms with van der Waals surface area (Å²) in [6, 6.07) is 5.45. The van der Waals surface area contributed by atoms with Gasteiger partial charge in [-0.1, -0.05) is 18.5 Å². The fourth-order valence-corrected chi connectivity index (χ4v) is 1.84. The summed E-state index contributed by atoms with van der Waals surface area (Å²) < 4.78 is 5.77. The van der Waals surface area contributed by atoms with Crippen molar-refractivity contribution in [3.63, 3.8) is 0 Å². The van der Waals surface area contributed by atoms with Gasteiger partial charge in [0, 0.05) is 5.02 Å². The third-order valence-electron chi connectivity index (χ3n) is 2.74. The minimum Gasteiger partial charge on any atom is -0.439 e. The smallest absolute Gasteiger partial charge is 0.227 e. The summed E-state index contributed by atoms with van der Waals surface area (Å²) in [6.07, 6.45) is 2.12. The second-order valence-corrected chi connectivity index (χ2v) is 4.42. The SMILES string of the molecule is CCc1c(NN)ncnc1Oc1ccc(Cl)c(C)c1. The third-order valence-corrected chi connectivity index (χ3v) is 3.16. The van der Waals surface area contributed by atoms with Crippen LogP contribution >= 0.6 is 11.6 Å². The van der Waals surface area contributed by atoms with Gasteiger partial charge in [0.25, 0.3) is 0 Å². The molecule has 3 N–H and O–H groups in total. The summed E-state index contributed by atoms with van der Waals surface area (Å²) >= 11 is 5.98. The minimum atomic E-state index is 0.493. The highest BCUT2D eigenvalue weighted by molar-refractivity contribution is 6.31. The molecule has 0 radical (unpaired) electrons. The van der Waals surface area contributed by atoms with E-state index in [9.17, 15) is 0 Å². The van der Waals surface area contributed by atoms with Crippen LogP contribution in [-0.4, -0.2) is 9.97 Å². The molecule has 0 aliphatic heterocycles. The van der Waals surface area contributed by atoms with E-state index in [1.165, 1.54) is 6.33 Å². The average Bonchev–Trinajstić information content (AvgIpc) is 2.42. The maximum Gasteiger partial charge on any atom is 0.227 e. The number of nitrogens with one attached hydrogen (secondary N) is 1.